The lowest BCUT2D eigenvalue weighted by molar-refractivity contribution is -0.377. The van der Waals surface area contributed by atoms with Gasteiger partial charge in [0.25, 0.3) is 0 Å². The van der Waals surface area contributed by atoms with E-state index in [0.29, 0.717) is 26.2 Å². The summed E-state index contributed by atoms with van der Waals surface area (Å²) < 4.78 is 293. The Morgan fingerprint density at radius 1 is 0.362 bits per heavy atom. The second kappa shape index (κ2) is 36.3. The van der Waals surface area contributed by atoms with Gasteiger partial charge in [-0.3, -0.25) is 36.9 Å². The lowest BCUT2D eigenvalue weighted by atomic mass is 9.94. The molecule has 0 aromatic rings. The normalized spacial score (nSPS) is 39.0. The molecule has 6 saturated heterocycles. The molecule has 0 radical (unpaired) electrons. The number of carboxylic acid groups (broad SMARTS) is 3. The fourth-order valence-electron chi connectivity index (χ4n) is 11.1. The average Bonchev–Trinajstić information content (AvgIpc) is 0.765. The minimum absolute atomic E-state index is 0.124. The number of rotatable bonds is 35. The molecule has 60 heteroatoms. The molecule has 0 aliphatic carbocycles. The van der Waals surface area contributed by atoms with Crippen molar-refractivity contribution < 1.29 is 236 Å². The Morgan fingerprint density at radius 2 is 0.695 bits per heavy atom. The van der Waals surface area contributed by atoms with Gasteiger partial charge in [-0.15, -0.1) is 0 Å². The van der Waals surface area contributed by atoms with Crippen LogP contribution in [0.4, 0.5) is 0 Å². The Hall–Kier alpha value is -4.23. The number of hydrogen-bond acceptors (Lipinski definition) is 42. The summed E-state index contributed by atoms with van der Waals surface area (Å²) in [6.07, 6.45) is -72.1. The van der Waals surface area contributed by atoms with Crippen molar-refractivity contribution in [3.05, 3.63) is 0 Å². The van der Waals surface area contributed by atoms with Crippen molar-refractivity contribution >= 4 is 92.0 Å². The second-order valence-electron chi connectivity index (χ2n) is 23.1. The second-order valence-corrected chi connectivity index (χ2v) is 29.7. The van der Waals surface area contributed by atoms with Gasteiger partial charge in [-0.1, -0.05) is 19.8 Å². The smallest absolute Gasteiger partial charge is 0.397 e. The largest absolute Gasteiger partial charge is 0.479 e. The van der Waals surface area contributed by atoms with Crippen molar-refractivity contribution in [3.63, 3.8) is 0 Å². The first-order valence-electron chi connectivity index (χ1n) is 29.6. The number of carbonyl (C=O) groups excluding carboxylic acids is 2. The number of aliphatic hydroxyl groups is 8. The molecule has 54 nitrogen and oxygen atoms in total. The third-order valence-corrected chi connectivity index (χ3v) is 18.3. The van der Waals surface area contributed by atoms with E-state index in [-0.39, 0.29) is 6.61 Å². The van der Waals surface area contributed by atoms with Crippen LogP contribution in [0.15, 0.2) is 0 Å². The van der Waals surface area contributed by atoms with Gasteiger partial charge in [-0.25, -0.2) is 35.3 Å². The number of amides is 2. The summed E-state index contributed by atoms with van der Waals surface area (Å²) in [4.78, 5) is 63.3. The van der Waals surface area contributed by atoms with Gasteiger partial charge in [0.1, 0.15) is 116 Å². The predicted molar refractivity (Wildman–Crippen MR) is 312 cm³/mol. The zero-order chi connectivity index (χ0) is 79.3. The molecule has 6 rings (SSSR count). The minimum Gasteiger partial charge on any atom is -0.479 e. The molecule has 6 fully saturated rings. The zero-order valence-corrected chi connectivity index (χ0v) is 58.1. The van der Waals surface area contributed by atoms with Crippen molar-refractivity contribution in [2.24, 2.45) is 0 Å². The molecular formula is C45H73N3O51S6. The summed E-state index contributed by atoms with van der Waals surface area (Å²) in [5.74, 6) is -9.02. The van der Waals surface area contributed by atoms with Crippen LogP contribution in [0.3, 0.4) is 0 Å². The Balaban J connectivity index is 1.35. The van der Waals surface area contributed by atoms with Crippen molar-refractivity contribution in [3.8, 4) is 0 Å². The molecule has 105 heavy (non-hydrogen) atoms. The number of carbonyl (C=O) groups is 5. The predicted octanol–water partition coefficient (Wildman–Crippen LogP) is -12.8. The SMILES string of the molecule is CCCCCO[C@H]1O[C@H](COS(=O)(=O)O)[C@@H](O[C@@H]2O[C@@H](C(=O)O)[C@@H](O[C@H]3O[C@H](COS(=O)(=O)O)[C@@H](O[C@@H]4O[C@@H](C(=O)O)[C@@H](O[C@H]5O[C@H](COS(=O)(=O)O)[C@@H](O[C@@H]6O[C@@H](C(=O)O)[C@@H](O)[C@H](O)[C@H]6OS(=O)(=O)O)[C@H](O)[C@H]5NC(C)=O)[C@H](O)[C@H]4OS(=O)(=O)O)[C@H](O)[C@H]3NS(=O)(=O)O)[C@H](O)[C@H]2O)[C@H](O)[C@H]1NC(C)=O. The van der Waals surface area contributed by atoms with Crippen molar-refractivity contribution in [1.82, 2.24) is 15.4 Å². The molecule has 30 atom stereocenters. The molecule has 0 aromatic carbocycles. The van der Waals surface area contributed by atoms with Crippen molar-refractivity contribution in [1.29, 1.82) is 0 Å². The summed E-state index contributed by atoms with van der Waals surface area (Å²) in [5, 5.41) is 127. The molecule has 6 aliphatic heterocycles. The van der Waals surface area contributed by atoms with Crippen LogP contribution in [-0.4, -0.2) is 374 Å². The van der Waals surface area contributed by atoms with Crippen LogP contribution in [-0.2, 0) is 164 Å². The van der Waals surface area contributed by atoms with E-state index in [2.05, 4.69) is 26.2 Å². The van der Waals surface area contributed by atoms with Gasteiger partial charge in [-0.2, -0.15) is 55.2 Å². The highest BCUT2D eigenvalue weighted by atomic mass is 32.3. The highest BCUT2D eigenvalue weighted by Crippen LogP contribution is 2.39. The number of hydrogen-bond donors (Lipinski definition) is 20. The monoisotopic (exact) mass is 1660 g/mol. The Kier molecular flexibility index (Phi) is 31.0. The number of nitrogens with one attached hydrogen (secondary N) is 3. The molecule has 0 saturated carbocycles. The molecule has 0 spiro atoms. The topological polar surface area (TPSA) is 827 Å². The van der Waals surface area contributed by atoms with Crippen molar-refractivity contribution in [2.75, 3.05) is 26.4 Å². The highest BCUT2D eigenvalue weighted by Gasteiger charge is 2.62. The van der Waals surface area contributed by atoms with Crippen LogP contribution < -0.4 is 15.4 Å². The minimum atomic E-state index is -6.20. The van der Waals surface area contributed by atoms with Crippen LogP contribution in [0.1, 0.15) is 40.0 Å². The maximum Gasteiger partial charge on any atom is 0.397 e. The Bertz CT molecular complexity index is 3710. The third-order valence-electron chi connectivity index (χ3n) is 15.5. The van der Waals surface area contributed by atoms with E-state index < -0.39 is 296 Å². The molecule has 0 bridgehead atoms. The van der Waals surface area contributed by atoms with E-state index in [9.17, 15) is 158 Å². The molecule has 2 amide bonds. The first kappa shape index (κ1) is 89.7. The van der Waals surface area contributed by atoms with Crippen LogP contribution in [0.2, 0.25) is 0 Å². The van der Waals surface area contributed by atoms with E-state index in [1.54, 1.807) is 0 Å². The quantitative estimate of drug-likeness (QED) is 0.0207. The number of ether oxygens (including phenoxy) is 12. The zero-order valence-electron chi connectivity index (χ0n) is 53.2. The molecule has 0 unspecified atom stereocenters. The Labute approximate surface area is 591 Å². The van der Waals surface area contributed by atoms with Gasteiger partial charge in [0.05, 0.1) is 19.8 Å². The molecule has 6 aliphatic rings. The van der Waals surface area contributed by atoms with Crippen molar-refractivity contribution in [2.45, 2.75) is 224 Å². The lowest BCUT2D eigenvalue weighted by Gasteiger charge is -2.50. The number of aliphatic hydroxyl groups excluding tert-OH is 8. The number of unbranched alkanes of at least 4 members (excludes halogenated alkanes) is 2. The summed E-state index contributed by atoms with van der Waals surface area (Å²) in [5.41, 5.74) is 0. The molecular weight excluding hydrogens is 1590 g/mol. The number of aliphatic carboxylic acids is 3. The van der Waals surface area contributed by atoms with E-state index in [1.807, 2.05) is 12.2 Å². The fraction of sp³-hybridized carbons (Fsp3) is 0.889. The van der Waals surface area contributed by atoms with Crippen LogP contribution in [0.25, 0.3) is 0 Å². The summed E-state index contributed by atoms with van der Waals surface area (Å²) in [6.45, 7) is -1.57. The average molecular weight is 1660 g/mol. The highest BCUT2D eigenvalue weighted by molar-refractivity contribution is 7.83. The van der Waals surface area contributed by atoms with Gasteiger partial charge in [-0.05, 0) is 6.42 Å². The van der Waals surface area contributed by atoms with Gasteiger partial charge < -0.3 is 124 Å². The van der Waals surface area contributed by atoms with Gasteiger partial charge in [0.2, 0.25) is 11.8 Å². The standard InChI is InChI=1S/C45H73N3O51S6/c1-4-5-6-7-83-40-16(46-11(2)49)19(51)27(13(87-40)8-84-101(68,69)70)90-43-25(57)24(56)30(35(96-43)38(61)62)93-42-18(48-100(65,66)67)21(53)29(15(89-42)10-86-103(74,75)76)92-45-34(99-105(80,81)82)26(58)31(36(97-45)39(63)64)94-41-17(47-12(3)50)20(52)28(14(88-41)9-85-102(71,72)73)91-44-33(98-104(77,78)79)23(55)22(54)32(95-44)37(59)60/h13-36,40-45,48,51-58H,4-10H2,1-3H3,(H,46,49)(H,47,50)(H,59,60)(H,61,62)(H,63,64)(H,65,66,67)(H,68,69,70)(H,71,72,73)(H,74,75,76)(H,77,78,79)(H,80,81,82)/t13-,14-,15-,16-,17-,18-,19-,20-,21-,22+,23+,24-,25-,26+,27-,28-,29-,30+,31+,32-,33-,34-,35-,36-,40+,41-,42-,43-,44-,45-/m1/s1. The fourth-order valence-corrected chi connectivity index (χ4v) is 13.6. The van der Waals surface area contributed by atoms with E-state index in [1.165, 1.54) is 4.72 Å². The summed E-state index contributed by atoms with van der Waals surface area (Å²) >= 11 is 0. The third kappa shape index (κ3) is 25.1. The summed E-state index contributed by atoms with van der Waals surface area (Å²) in [6, 6.07) is -7.09. The van der Waals surface area contributed by atoms with Gasteiger partial charge >= 0.3 is 80.2 Å². The van der Waals surface area contributed by atoms with Crippen LogP contribution in [0, 0.1) is 0 Å². The van der Waals surface area contributed by atoms with E-state index in [4.69, 9.17) is 56.8 Å². The molecule has 610 valence electrons. The van der Waals surface area contributed by atoms with Gasteiger partial charge in [0, 0.05) is 20.5 Å². The first-order valence-corrected chi connectivity index (χ1v) is 37.9. The van der Waals surface area contributed by atoms with Gasteiger partial charge in [0.15, 0.2) is 68.3 Å². The maximum absolute atomic E-state index is 13.2. The van der Waals surface area contributed by atoms with Crippen LogP contribution >= 0.6 is 0 Å². The Morgan fingerprint density at radius 3 is 1.08 bits per heavy atom. The lowest BCUT2D eigenvalue weighted by Crippen LogP contribution is -2.71. The van der Waals surface area contributed by atoms with E-state index in [0.717, 1.165) is 6.92 Å². The molecule has 6 heterocycles. The van der Waals surface area contributed by atoms with Crippen LogP contribution in [0.5, 0.6) is 0 Å². The molecule has 20 N–H and O–H groups in total. The van der Waals surface area contributed by atoms with E-state index >= 15 is 0 Å². The summed E-state index contributed by atoms with van der Waals surface area (Å²) in [7, 11) is -34.8. The first-order chi connectivity index (χ1) is 48.2. The maximum atomic E-state index is 13.2. The molecule has 0 aromatic heterocycles. The number of carboxylic acids is 3.